The number of rotatable bonds is 6. The topological polar surface area (TPSA) is 57.5 Å². The third-order valence-corrected chi connectivity index (χ3v) is 4.53. The van der Waals surface area contributed by atoms with Crippen LogP contribution in [0, 0.1) is 0 Å². The van der Waals surface area contributed by atoms with Crippen molar-refractivity contribution in [1.82, 2.24) is 0 Å². The SMILES string of the molecule is CCCCCc1ccc([C@@H]2C=C(C)CCC2)c(O)c1C(=O)O. The quantitative estimate of drug-likeness (QED) is 0.572. The summed E-state index contributed by atoms with van der Waals surface area (Å²) in [6.07, 6.45) is 9.16. The summed E-state index contributed by atoms with van der Waals surface area (Å²) < 4.78 is 0. The van der Waals surface area contributed by atoms with E-state index in [0.717, 1.165) is 49.7 Å². The number of carboxylic acids is 1. The van der Waals surface area contributed by atoms with Crippen molar-refractivity contribution in [3.8, 4) is 5.75 Å². The summed E-state index contributed by atoms with van der Waals surface area (Å²) in [7, 11) is 0. The number of phenols is 1. The first-order valence-electron chi connectivity index (χ1n) is 8.30. The molecule has 0 aliphatic heterocycles. The summed E-state index contributed by atoms with van der Waals surface area (Å²) in [5.74, 6) is -0.920. The molecular formula is C19H26O3. The number of carboxylic acid groups (broad SMARTS) is 1. The lowest BCUT2D eigenvalue weighted by Crippen LogP contribution is -2.08. The fourth-order valence-electron chi connectivity index (χ4n) is 3.32. The van der Waals surface area contributed by atoms with Gasteiger partial charge in [0.1, 0.15) is 11.3 Å². The summed E-state index contributed by atoms with van der Waals surface area (Å²) in [5.41, 5.74) is 2.93. The van der Waals surface area contributed by atoms with Crippen LogP contribution in [0.5, 0.6) is 5.75 Å². The molecule has 1 atom stereocenters. The molecule has 0 amide bonds. The molecule has 1 aromatic carbocycles. The minimum absolute atomic E-state index is 0.0301. The minimum atomic E-state index is -1.03. The molecule has 0 aromatic heterocycles. The van der Waals surface area contributed by atoms with E-state index in [9.17, 15) is 15.0 Å². The van der Waals surface area contributed by atoms with Crippen LogP contribution in [0.2, 0.25) is 0 Å². The Morgan fingerprint density at radius 3 is 2.73 bits per heavy atom. The predicted octanol–water partition coefficient (Wildman–Crippen LogP) is 5.04. The van der Waals surface area contributed by atoms with Crippen molar-refractivity contribution >= 4 is 5.97 Å². The zero-order valence-corrected chi connectivity index (χ0v) is 13.6. The third kappa shape index (κ3) is 3.70. The van der Waals surface area contributed by atoms with Crippen LogP contribution in [0.15, 0.2) is 23.8 Å². The smallest absolute Gasteiger partial charge is 0.339 e. The van der Waals surface area contributed by atoms with Gasteiger partial charge in [0.05, 0.1) is 0 Å². The van der Waals surface area contributed by atoms with Crippen molar-refractivity contribution in [1.29, 1.82) is 0 Å². The Morgan fingerprint density at radius 1 is 1.32 bits per heavy atom. The lowest BCUT2D eigenvalue weighted by Gasteiger charge is -2.22. The zero-order chi connectivity index (χ0) is 16.1. The molecule has 1 aromatic rings. The molecule has 0 fully saturated rings. The van der Waals surface area contributed by atoms with Gasteiger partial charge in [0.2, 0.25) is 0 Å². The van der Waals surface area contributed by atoms with E-state index in [-0.39, 0.29) is 17.2 Å². The molecule has 0 bridgehead atoms. The lowest BCUT2D eigenvalue weighted by molar-refractivity contribution is 0.0692. The molecular weight excluding hydrogens is 276 g/mol. The largest absolute Gasteiger partial charge is 0.507 e. The number of hydrogen-bond acceptors (Lipinski definition) is 2. The van der Waals surface area contributed by atoms with Crippen LogP contribution in [-0.2, 0) is 6.42 Å². The molecule has 22 heavy (non-hydrogen) atoms. The molecule has 0 spiro atoms. The molecule has 3 nitrogen and oxygen atoms in total. The second-order valence-corrected chi connectivity index (χ2v) is 6.31. The summed E-state index contributed by atoms with van der Waals surface area (Å²) in [6, 6.07) is 3.81. The van der Waals surface area contributed by atoms with Gasteiger partial charge in [-0.25, -0.2) is 4.79 Å². The van der Waals surface area contributed by atoms with Crippen molar-refractivity contribution in [2.75, 3.05) is 0 Å². The maximum absolute atomic E-state index is 11.6. The van der Waals surface area contributed by atoms with Gasteiger partial charge in [-0.15, -0.1) is 0 Å². The highest BCUT2D eigenvalue weighted by Gasteiger charge is 2.23. The second kappa shape index (κ2) is 7.48. The van der Waals surface area contributed by atoms with Crippen molar-refractivity contribution in [2.24, 2.45) is 0 Å². The first kappa shape index (κ1) is 16.6. The Morgan fingerprint density at radius 2 is 2.09 bits per heavy atom. The Kier molecular flexibility index (Phi) is 5.64. The summed E-state index contributed by atoms with van der Waals surface area (Å²) >= 11 is 0. The molecule has 0 radical (unpaired) electrons. The maximum atomic E-state index is 11.6. The molecule has 2 rings (SSSR count). The van der Waals surface area contributed by atoms with E-state index in [1.807, 2.05) is 12.1 Å². The number of benzene rings is 1. The molecule has 0 saturated heterocycles. The Hall–Kier alpha value is -1.77. The lowest BCUT2D eigenvalue weighted by atomic mass is 9.84. The Balaban J connectivity index is 2.35. The number of aromatic carboxylic acids is 1. The van der Waals surface area contributed by atoms with E-state index < -0.39 is 5.97 Å². The van der Waals surface area contributed by atoms with Crippen molar-refractivity contribution in [2.45, 2.75) is 64.7 Å². The molecule has 0 saturated carbocycles. The highest BCUT2D eigenvalue weighted by molar-refractivity contribution is 5.93. The molecule has 0 heterocycles. The number of aromatic hydroxyl groups is 1. The van der Waals surface area contributed by atoms with Gasteiger partial charge >= 0.3 is 5.97 Å². The first-order chi connectivity index (χ1) is 10.5. The number of unbranched alkanes of at least 4 members (excludes halogenated alkanes) is 2. The van der Waals surface area contributed by atoms with Gasteiger partial charge in [-0.05, 0) is 44.6 Å². The van der Waals surface area contributed by atoms with Crippen LogP contribution in [0.4, 0.5) is 0 Å². The van der Waals surface area contributed by atoms with Gasteiger partial charge in [0, 0.05) is 11.5 Å². The first-order valence-corrected chi connectivity index (χ1v) is 8.30. The fourth-order valence-corrected chi connectivity index (χ4v) is 3.32. The standard InChI is InChI=1S/C19H26O3/c1-3-4-5-8-14-10-11-16(18(20)17(14)19(21)22)15-9-6-7-13(2)12-15/h10-12,15,20H,3-9H2,1-2H3,(H,21,22)/t15-/m0/s1. The van der Waals surface area contributed by atoms with E-state index in [1.54, 1.807) is 0 Å². The molecule has 0 unspecified atom stereocenters. The third-order valence-electron chi connectivity index (χ3n) is 4.53. The Labute approximate surface area is 132 Å². The number of allylic oxidation sites excluding steroid dienone is 2. The zero-order valence-electron chi connectivity index (χ0n) is 13.6. The van der Waals surface area contributed by atoms with Crippen LogP contribution in [0.3, 0.4) is 0 Å². The minimum Gasteiger partial charge on any atom is -0.507 e. The van der Waals surface area contributed by atoms with Gasteiger partial charge in [-0.3, -0.25) is 0 Å². The van der Waals surface area contributed by atoms with Gasteiger partial charge in [-0.1, -0.05) is 43.5 Å². The molecule has 2 N–H and O–H groups in total. The van der Waals surface area contributed by atoms with E-state index in [2.05, 4.69) is 19.9 Å². The average Bonchev–Trinajstić information content (AvgIpc) is 2.47. The average molecular weight is 302 g/mol. The van der Waals surface area contributed by atoms with Gasteiger partial charge in [-0.2, -0.15) is 0 Å². The van der Waals surface area contributed by atoms with Crippen LogP contribution in [0.25, 0.3) is 0 Å². The van der Waals surface area contributed by atoms with E-state index in [4.69, 9.17) is 0 Å². The monoisotopic (exact) mass is 302 g/mol. The van der Waals surface area contributed by atoms with Crippen LogP contribution < -0.4 is 0 Å². The number of hydrogen-bond donors (Lipinski definition) is 2. The molecule has 1 aliphatic carbocycles. The van der Waals surface area contributed by atoms with Crippen molar-refractivity contribution in [3.63, 3.8) is 0 Å². The van der Waals surface area contributed by atoms with Crippen LogP contribution >= 0.6 is 0 Å². The van der Waals surface area contributed by atoms with Crippen molar-refractivity contribution < 1.29 is 15.0 Å². The molecule has 1 aliphatic rings. The van der Waals surface area contributed by atoms with E-state index in [1.165, 1.54) is 5.57 Å². The molecule has 3 heteroatoms. The summed E-state index contributed by atoms with van der Waals surface area (Å²) in [4.78, 5) is 11.6. The van der Waals surface area contributed by atoms with E-state index in [0.29, 0.717) is 6.42 Å². The van der Waals surface area contributed by atoms with Gasteiger partial charge < -0.3 is 10.2 Å². The predicted molar refractivity (Wildman–Crippen MR) is 88.6 cm³/mol. The second-order valence-electron chi connectivity index (χ2n) is 6.31. The van der Waals surface area contributed by atoms with Crippen LogP contribution in [0.1, 0.15) is 79.8 Å². The normalized spacial score (nSPS) is 18.1. The van der Waals surface area contributed by atoms with Crippen molar-refractivity contribution in [3.05, 3.63) is 40.5 Å². The molecule has 120 valence electrons. The van der Waals surface area contributed by atoms with Gasteiger partial charge in [0.15, 0.2) is 0 Å². The Bertz CT molecular complexity index is 572. The van der Waals surface area contributed by atoms with Gasteiger partial charge in [0.25, 0.3) is 0 Å². The van der Waals surface area contributed by atoms with Crippen LogP contribution in [-0.4, -0.2) is 16.2 Å². The fraction of sp³-hybridized carbons (Fsp3) is 0.526. The highest BCUT2D eigenvalue weighted by Crippen LogP contribution is 2.38. The number of carbonyl (C=O) groups is 1. The summed E-state index contributed by atoms with van der Waals surface area (Å²) in [5, 5.41) is 20.0. The maximum Gasteiger partial charge on any atom is 0.339 e. The highest BCUT2D eigenvalue weighted by atomic mass is 16.4. The van der Waals surface area contributed by atoms with E-state index >= 15 is 0 Å². The summed E-state index contributed by atoms with van der Waals surface area (Å²) in [6.45, 7) is 4.22. The number of aryl methyl sites for hydroxylation is 1.